The van der Waals surface area contributed by atoms with Gasteiger partial charge in [-0.25, -0.2) is 4.39 Å². The van der Waals surface area contributed by atoms with Gasteiger partial charge in [-0.05, 0) is 35.7 Å². The highest BCUT2D eigenvalue weighted by atomic mass is 19.1. The molecule has 3 aromatic rings. The molecule has 0 bridgehead atoms. The summed E-state index contributed by atoms with van der Waals surface area (Å²) in [6.45, 7) is -0.00744. The second-order valence-electron chi connectivity index (χ2n) is 3.82. The van der Waals surface area contributed by atoms with Gasteiger partial charge in [-0.1, -0.05) is 0 Å². The van der Waals surface area contributed by atoms with E-state index in [9.17, 15) is 4.39 Å². The molecular formula is C12H10FN3O. The standard InChI is InChI=1S/C12H10FN3O/c13-9-3-1-8-2-4-11-14-15-12(5-6-17)16(11)10(8)7-9/h1-4,7,17H,5-6H2. The van der Waals surface area contributed by atoms with E-state index in [1.165, 1.54) is 12.1 Å². The van der Waals surface area contributed by atoms with Gasteiger partial charge in [-0.2, -0.15) is 0 Å². The Morgan fingerprint density at radius 2 is 2.00 bits per heavy atom. The Kier molecular flexibility index (Phi) is 2.26. The fraction of sp³-hybridized carbons (Fsp3) is 0.167. The SMILES string of the molecule is OCCc1nnc2ccc3ccc(F)cc3n12. The van der Waals surface area contributed by atoms with Crippen LogP contribution < -0.4 is 0 Å². The molecule has 2 heterocycles. The quantitative estimate of drug-likeness (QED) is 0.728. The molecule has 0 fully saturated rings. The summed E-state index contributed by atoms with van der Waals surface area (Å²) in [5, 5.41) is 17.9. The molecule has 0 atom stereocenters. The fourth-order valence-corrected chi connectivity index (χ4v) is 1.98. The third-order valence-corrected chi connectivity index (χ3v) is 2.74. The van der Waals surface area contributed by atoms with Crippen molar-refractivity contribution in [3.05, 3.63) is 42.0 Å². The second kappa shape index (κ2) is 3.78. The average Bonchev–Trinajstić information content (AvgIpc) is 2.73. The highest BCUT2D eigenvalue weighted by molar-refractivity contribution is 5.82. The van der Waals surface area contributed by atoms with Gasteiger partial charge in [0.05, 0.1) is 12.1 Å². The van der Waals surface area contributed by atoms with Crippen molar-refractivity contribution >= 4 is 16.6 Å². The molecule has 0 unspecified atom stereocenters. The lowest BCUT2D eigenvalue weighted by Crippen LogP contribution is -1.99. The predicted molar refractivity (Wildman–Crippen MR) is 61.2 cm³/mol. The predicted octanol–water partition coefficient (Wildman–Crippen LogP) is 1.56. The Morgan fingerprint density at radius 3 is 2.82 bits per heavy atom. The van der Waals surface area contributed by atoms with E-state index < -0.39 is 0 Å². The molecule has 1 aromatic carbocycles. The van der Waals surface area contributed by atoms with Gasteiger partial charge in [0.1, 0.15) is 11.6 Å². The third-order valence-electron chi connectivity index (χ3n) is 2.74. The number of pyridine rings is 1. The van der Waals surface area contributed by atoms with Crippen LogP contribution in [0.25, 0.3) is 16.6 Å². The van der Waals surface area contributed by atoms with Crippen LogP contribution in [0.2, 0.25) is 0 Å². The number of aromatic nitrogens is 3. The van der Waals surface area contributed by atoms with Crippen LogP contribution in [0.5, 0.6) is 0 Å². The van der Waals surface area contributed by atoms with Crippen LogP contribution in [0.3, 0.4) is 0 Å². The molecule has 0 amide bonds. The van der Waals surface area contributed by atoms with Crippen molar-refractivity contribution in [1.29, 1.82) is 0 Å². The van der Waals surface area contributed by atoms with Gasteiger partial charge in [0.15, 0.2) is 5.65 Å². The van der Waals surface area contributed by atoms with Gasteiger partial charge in [0.2, 0.25) is 0 Å². The molecule has 0 spiro atoms. The maximum atomic E-state index is 13.3. The molecule has 5 heteroatoms. The molecule has 0 saturated heterocycles. The first-order chi connectivity index (χ1) is 8.29. The molecule has 17 heavy (non-hydrogen) atoms. The largest absolute Gasteiger partial charge is 0.396 e. The summed E-state index contributed by atoms with van der Waals surface area (Å²) in [6.07, 6.45) is 0.400. The maximum absolute atomic E-state index is 13.3. The molecule has 0 aliphatic heterocycles. The van der Waals surface area contributed by atoms with Crippen LogP contribution in [0.4, 0.5) is 4.39 Å². The summed E-state index contributed by atoms with van der Waals surface area (Å²) in [6, 6.07) is 8.29. The van der Waals surface area contributed by atoms with Crippen LogP contribution in [0, 0.1) is 5.82 Å². The number of aliphatic hydroxyl groups is 1. The molecule has 86 valence electrons. The van der Waals surface area contributed by atoms with Crippen molar-refractivity contribution in [1.82, 2.24) is 14.6 Å². The van der Waals surface area contributed by atoms with Crippen molar-refractivity contribution in [2.75, 3.05) is 6.61 Å². The van der Waals surface area contributed by atoms with E-state index in [2.05, 4.69) is 10.2 Å². The lowest BCUT2D eigenvalue weighted by atomic mass is 10.2. The van der Waals surface area contributed by atoms with E-state index in [0.29, 0.717) is 17.9 Å². The zero-order chi connectivity index (χ0) is 11.8. The Bertz CT molecular complexity index is 693. The summed E-state index contributed by atoms with van der Waals surface area (Å²) in [4.78, 5) is 0. The molecule has 4 nitrogen and oxygen atoms in total. The van der Waals surface area contributed by atoms with E-state index in [4.69, 9.17) is 5.11 Å². The van der Waals surface area contributed by atoms with Crippen LogP contribution in [0.15, 0.2) is 30.3 Å². The minimum absolute atomic E-state index is 0.00744. The summed E-state index contributed by atoms with van der Waals surface area (Å²) in [5.41, 5.74) is 1.38. The molecular weight excluding hydrogens is 221 g/mol. The van der Waals surface area contributed by atoms with E-state index >= 15 is 0 Å². The number of aliphatic hydroxyl groups excluding tert-OH is 1. The van der Waals surface area contributed by atoms with Crippen molar-refractivity contribution in [3.63, 3.8) is 0 Å². The molecule has 1 N–H and O–H groups in total. The van der Waals surface area contributed by atoms with Gasteiger partial charge in [-0.3, -0.25) is 4.40 Å². The Labute approximate surface area is 96.3 Å². The first-order valence-corrected chi connectivity index (χ1v) is 5.33. The van der Waals surface area contributed by atoms with Crippen LogP contribution in [-0.4, -0.2) is 26.3 Å². The van der Waals surface area contributed by atoms with Gasteiger partial charge >= 0.3 is 0 Å². The normalized spacial score (nSPS) is 11.4. The maximum Gasteiger partial charge on any atom is 0.161 e. The lowest BCUT2D eigenvalue weighted by molar-refractivity contribution is 0.296. The number of nitrogens with zero attached hydrogens (tertiary/aromatic N) is 3. The van der Waals surface area contributed by atoms with E-state index in [1.807, 2.05) is 12.1 Å². The van der Waals surface area contributed by atoms with Gasteiger partial charge < -0.3 is 5.11 Å². The number of rotatable bonds is 2. The zero-order valence-electron chi connectivity index (χ0n) is 8.97. The number of halogens is 1. The number of hydrogen-bond donors (Lipinski definition) is 1. The summed E-state index contributed by atoms with van der Waals surface area (Å²) in [7, 11) is 0. The molecule has 2 aromatic heterocycles. The minimum atomic E-state index is -0.298. The topological polar surface area (TPSA) is 50.4 Å². The summed E-state index contributed by atoms with van der Waals surface area (Å²) < 4.78 is 15.1. The number of hydrogen-bond acceptors (Lipinski definition) is 3. The monoisotopic (exact) mass is 231 g/mol. The Balaban J connectivity index is 2.42. The molecule has 0 aliphatic carbocycles. The highest BCUT2D eigenvalue weighted by Crippen LogP contribution is 2.18. The van der Waals surface area contributed by atoms with Crippen LogP contribution in [-0.2, 0) is 6.42 Å². The minimum Gasteiger partial charge on any atom is -0.396 e. The van der Waals surface area contributed by atoms with Gasteiger partial charge in [0.25, 0.3) is 0 Å². The van der Waals surface area contributed by atoms with Gasteiger partial charge in [0, 0.05) is 6.42 Å². The van der Waals surface area contributed by atoms with Crippen molar-refractivity contribution in [2.24, 2.45) is 0 Å². The smallest absolute Gasteiger partial charge is 0.161 e. The summed E-state index contributed by atoms with van der Waals surface area (Å²) >= 11 is 0. The Hall–Kier alpha value is -2.01. The molecule has 0 saturated carbocycles. The van der Waals surface area contributed by atoms with Gasteiger partial charge in [-0.15, -0.1) is 10.2 Å². The fourth-order valence-electron chi connectivity index (χ4n) is 1.98. The highest BCUT2D eigenvalue weighted by Gasteiger charge is 2.08. The average molecular weight is 231 g/mol. The van der Waals surface area contributed by atoms with E-state index in [1.54, 1.807) is 10.5 Å². The summed E-state index contributed by atoms with van der Waals surface area (Å²) in [5.74, 6) is 0.340. The first-order valence-electron chi connectivity index (χ1n) is 5.33. The second-order valence-corrected chi connectivity index (χ2v) is 3.82. The zero-order valence-corrected chi connectivity index (χ0v) is 8.97. The van der Waals surface area contributed by atoms with Crippen LogP contribution >= 0.6 is 0 Å². The van der Waals surface area contributed by atoms with Crippen molar-refractivity contribution < 1.29 is 9.50 Å². The van der Waals surface area contributed by atoms with Crippen molar-refractivity contribution in [2.45, 2.75) is 6.42 Å². The number of benzene rings is 1. The third kappa shape index (κ3) is 1.55. The lowest BCUT2D eigenvalue weighted by Gasteiger charge is -2.04. The van der Waals surface area contributed by atoms with Crippen molar-refractivity contribution in [3.8, 4) is 0 Å². The van der Waals surface area contributed by atoms with E-state index in [-0.39, 0.29) is 12.4 Å². The Morgan fingerprint density at radius 1 is 1.18 bits per heavy atom. The molecule has 3 rings (SSSR count). The number of fused-ring (bicyclic) bond motifs is 3. The molecule has 0 radical (unpaired) electrons. The molecule has 0 aliphatic rings. The van der Waals surface area contributed by atoms with Crippen LogP contribution in [0.1, 0.15) is 5.82 Å². The van der Waals surface area contributed by atoms with E-state index in [0.717, 1.165) is 10.9 Å². The first kappa shape index (κ1) is 10.2.